The molecule has 2 aromatic carbocycles. The Morgan fingerprint density at radius 2 is 1.36 bits per heavy atom. The van der Waals surface area contributed by atoms with E-state index in [1.807, 2.05) is 19.9 Å². The third-order valence-electron chi connectivity index (χ3n) is 3.42. The lowest BCUT2D eigenvalue weighted by Gasteiger charge is -2.08. The summed E-state index contributed by atoms with van der Waals surface area (Å²) in [5, 5.41) is 18.1. The molecule has 0 saturated carbocycles. The summed E-state index contributed by atoms with van der Waals surface area (Å²) in [6, 6.07) is 10.4. The fraction of sp³-hybridized carbons (Fsp3) is 0.300. The van der Waals surface area contributed by atoms with Crippen LogP contribution in [0.2, 0.25) is 10.0 Å². The van der Waals surface area contributed by atoms with Crippen LogP contribution in [0, 0.1) is 13.8 Å². The molecule has 8 heteroatoms. The average molecular weight is 429 g/mol. The highest BCUT2D eigenvalue weighted by Gasteiger charge is 2.03. The van der Waals surface area contributed by atoms with Crippen molar-refractivity contribution in [1.29, 1.82) is 0 Å². The zero-order valence-corrected chi connectivity index (χ0v) is 17.1. The van der Waals surface area contributed by atoms with E-state index in [1.165, 1.54) is 0 Å². The van der Waals surface area contributed by atoms with Crippen LogP contribution >= 0.6 is 23.2 Å². The second-order valence-electron chi connectivity index (χ2n) is 5.85. The van der Waals surface area contributed by atoms with Crippen LogP contribution in [0.3, 0.4) is 0 Å². The number of benzene rings is 2. The normalized spacial score (nSPS) is 9.86. The third kappa shape index (κ3) is 9.48. The fourth-order valence-electron chi connectivity index (χ4n) is 2.09. The van der Waals surface area contributed by atoms with Crippen LogP contribution in [-0.4, -0.2) is 35.4 Å². The van der Waals surface area contributed by atoms with Gasteiger partial charge in [-0.25, -0.2) is 4.79 Å². The van der Waals surface area contributed by atoms with Gasteiger partial charge in [0, 0.05) is 16.5 Å². The molecule has 0 spiro atoms. The van der Waals surface area contributed by atoms with Crippen molar-refractivity contribution in [2.45, 2.75) is 26.7 Å². The minimum absolute atomic E-state index is 0.132. The van der Waals surface area contributed by atoms with Gasteiger partial charge >= 0.3 is 11.9 Å². The first kappa shape index (κ1) is 23.6. The van der Waals surface area contributed by atoms with E-state index in [9.17, 15) is 9.59 Å². The Morgan fingerprint density at radius 3 is 1.79 bits per heavy atom. The maximum absolute atomic E-state index is 10.2. The number of hydrogen-bond donors (Lipinski definition) is 2. The Morgan fingerprint density at radius 1 is 0.857 bits per heavy atom. The predicted octanol–water partition coefficient (Wildman–Crippen LogP) is 5.00. The minimum Gasteiger partial charge on any atom is -0.493 e. The molecular weight excluding hydrogens is 407 g/mol. The number of aliphatic carboxylic acids is 2. The molecule has 0 saturated heterocycles. The van der Waals surface area contributed by atoms with Crippen LogP contribution < -0.4 is 9.47 Å². The van der Waals surface area contributed by atoms with Crippen molar-refractivity contribution in [1.82, 2.24) is 0 Å². The smallest absolute Gasteiger partial charge is 0.341 e. The molecule has 0 aliphatic carbocycles. The van der Waals surface area contributed by atoms with Gasteiger partial charge in [0.15, 0.2) is 6.61 Å². The summed E-state index contributed by atoms with van der Waals surface area (Å²) in [4.78, 5) is 20.4. The van der Waals surface area contributed by atoms with Crippen molar-refractivity contribution in [3.8, 4) is 11.5 Å². The van der Waals surface area contributed by atoms with Crippen molar-refractivity contribution < 1.29 is 29.3 Å². The summed E-state index contributed by atoms with van der Waals surface area (Å²) in [5.74, 6) is -0.489. The first-order valence-corrected chi connectivity index (χ1v) is 9.16. The first-order chi connectivity index (χ1) is 13.2. The van der Waals surface area contributed by atoms with E-state index in [4.69, 9.17) is 42.9 Å². The number of carboxylic acids is 2. The maximum atomic E-state index is 10.2. The number of ether oxygens (including phenoxy) is 2. The summed E-state index contributed by atoms with van der Waals surface area (Å²) in [5.41, 5.74) is 1.78. The van der Waals surface area contributed by atoms with Gasteiger partial charge in [-0.1, -0.05) is 23.2 Å². The molecular formula is C20H22Cl2O6. The van der Waals surface area contributed by atoms with E-state index >= 15 is 0 Å². The Bertz CT molecular complexity index is 807. The maximum Gasteiger partial charge on any atom is 0.341 e. The molecule has 0 heterocycles. The van der Waals surface area contributed by atoms with Gasteiger partial charge in [-0.2, -0.15) is 0 Å². The van der Waals surface area contributed by atoms with Gasteiger partial charge in [0.05, 0.1) is 6.61 Å². The van der Waals surface area contributed by atoms with Crippen LogP contribution in [0.5, 0.6) is 11.5 Å². The van der Waals surface area contributed by atoms with Gasteiger partial charge in [-0.05, 0) is 67.8 Å². The van der Waals surface area contributed by atoms with Crippen molar-refractivity contribution in [2.24, 2.45) is 0 Å². The topological polar surface area (TPSA) is 93.1 Å². The number of halogens is 2. The molecule has 0 aromatic heterocycles. The van der Waals surface area contributed by atoms with Crippen LogP contribution in [0.1, 0.15) is 24.0 Å². The molecule has 0 atom stereocenters. The molecule has 0 radical (unpaired) electrons. The van der Waals surface area contributed by atoms with Gasteiger partial charge < -0.3 is 19.7 Å². The molecule has 2 rings (SSSR count). The largest absolute Gasteiger partial charge is 0.493 e. The monoisotopic (exact) mass is 428 g/mol. The Balaban J connectivity index is 0.000000283. The highest BCUT2D eigenvalue weighted by atomic mass is 35.5. The van der Waals surface area contributed by atoms with E-state index < -0.39 is 11.9 Å². The highest BCUT2D eigenvalue weighted by Crippen LogP contribution is 2.22. The van der Waals surface area contributed by atoms with E-state index in [1.54, 1.807) is 30.3 Å². The van der Waals surface area contributed by atoms with Crippen LogP contribution in [0.4, 0.5) is 0 Å². The predicted molar refractivity (Wildman–Crippen MR) is 108 cm³/mol. The lowest BCUT2D eigenvalue weighted by atomic mass is 10.2. The molecule has 152 valence electrons. The van der Waals surface area contributed by atoms with Crippen LogP contribution in [-0.2, 0) is 9.59 Å². The second kappa shape index (κ2) is 12.1. The standard InChI is InChI=1S/C11H13ClO3.C9H9ClO3/c1-8-7-9(12)4-5-10(8)15-6-2-3-11(13)14;1-6-4-7(10)2-3-8(6)13-5-9(11)12/h4-5,7H,2-3,6H2,1H3,(H,13,14);2-4H,5H2,1H3,(H,11,12). The summed E-state index contributed by atoms with van der Waals surface area (Å²) >= 11 is 11.5. The second-order valence-corrected chi connectivity index (χ2v) is 6.72. The van der Waals surface area contributed by atoms with Gasteiger partial charge in [0.1, 0.15) is 11.5 Å². The van der Waals surface area contributed by atoms with E-state index in [2.05, 4.69) is 0 Å². The Labute approximate surface area is 173 Å². The van der Waals surface area contributed by atoms with Gasteiger partial charge in [-0.15, -0.1) is 0 Å². The molecule has 0 fully saturated rings. The van der Waals surface area contributed by atoms with Crippen LogP contribution in [0.25, 0.3) is 0 Å². The quantitative estimate of drug-likeness (QED) is 0.574. The highest BCUT2D eigenvalue weighted by molar-refractivity contribution is 6.31. The lowest BCUT2D eigenvalue weighted by Crippen LogP contribution is -2.09. The minimum atomic E-state index is -0.991. The zero-order valence-electron chi connectivity index (χ0n) is 15.6. The van der Waals surface area contributed by atoms with Crippen molar-refractivity contribution in [3.05, 3.63) is 57.6 Å². The fourth-order valence-corrected chi connectivity index (χ4v) is 2.55. The molecule has 6 nitrogen and oxygen atoms in total. The van der Waals surface area contributed by atoms with E-state index in [0.717, 1.165) is 16.9 Å². The number of carbonyl (C=O) groups is 2. The molecule has 28 heavy (non-hydrogen) atoms. The number of aryl methyl sites for hydroxylation is 2. The summed E-state index contributed by atoms with van der Waals surface area (Å²) in [7, 11) is 0. The molecule has 0 amide bonds. The lowest BCUT2D eigenvalue weighted by molar-refractivity contribution is -0.139. The van der Waals surface area contributed by atoms with Crippen molar-refractivity contribution in [3.63, 3.8) is 0 Å². The summed E-state index contributed by atoms with van der Waals surface area (Å²) < 4.78 is 10.4. The van der Waals surface area contributed by atoms with Crippen molar-refractivity contribution >= 4 is 35.1 Å². The molecule has 2 aromatic rings. The SMILES string of the molecule is Cc1cc(Cl)ccc1OCC(=O)O.Cc1cc(Cl)ccc1OCCCC(=O)O. The Kier molecular flexibility index (Phi) is 10.2. The molecule has 0 aliphatic heterocycles. The number of hydrogen-bond acceptors (Lipinski definition) is 4. The molecule has 0 bridgehead atoms. The Hall–Kier alpha value is -2.44. The van der Waals surface area contributed by atoms with E-state index in [0.29, 0.717) is 28.8 Å². The average Bonchev–Trinajstić information content (AvgIpc) is 2.59. The number of carboxylic acid groups (broad SMARTS) is 2. The van der Waals surface area contributed by atoms with Gasteiger partial charge in [-0.3, -0.25) is 4.79 Å². The van der Waals surface area contributed by atoms with Crippen LogP contribution in [0.15, 0.2) is 36.4 Å². The third-order valence-corrected chi connectivity index (χ3v) is 3.89. The summed E-state index contributed by atoms with van der Waals surface area (Å²) in [6.45, 7) is 3.79. The zero-order chi connectivity index (χ0) is 21.1. The van der Waals surface area contributed by atoms with Crippen molar-refractivity contribution in [2.75, 3.05) is 13.2 Å². The first-order valence-electron chi connectivity index (χ1n) is 8.40. The van der Waals surface area contributed by atoms with Gasteiger partial charge in [0.25, 0.3) is 0 Å². The molecule has 0 aliphatic rings. The summed E-state index contributed by atoms with van der Waals surface area (Å²) in [6.07, 6.45) is 0.643. The molecule has 0 unspecified atom stereocenters. The van der Waals surface area contributed by atoms with E-state index in [-0.39, 0.29) is 13.0 Å². The number of rotatable bonds is 8. The molecule has 2 N–H and O–H groups in total. The van der Waals surface area contributed by atoms with Gasteiger partial charge in [0.2, 0.25) is 0 Å².